The van der Waals surface area contributed by atoms with E-state index in [2.05, 4.69) is 71.9 Å². The maximum Gasteiger partial charge on any atom is 0.335 e. The van der Waals surface area contributed by atoms with E-state index in [9.17, 15) is 9.90 Å². The summed E-state index contributed by atoms with van der Waals surface area (Å²) in [5.41, 5.74) is 5.90. The van der Waals surface area contributed by atoms with E-state index in [1.54, 1.807) is 12.1 Å². The van der Waals surface area contributed by atoms with E-state index in [1.807, 2.05) is 12.1 Å². The fourth-order valence-corrected chi connectivity index (χ4v) is 13.2. The van der Waals surface area contributed by atoms with E-state index < -0.39 is 5.97 Å². The van der Waals surface area contributed by atoms with Gasteiger partial charge in [0.05, 0.1) is 5.56 Å². The number of fused-ring (bicyclic) bond motifs is 7. The zero-order chi connectivity index (χ0) is 32.4. The molecule has 4 nitrogen and oxygen atoms in total. The fraction of sp³-hybridized carbons (Fsp3) is 0.732. The van der Waals surface area contributed by atoms with Crippen LogP contribution in [-0.4, -0.2) is 37.8 Å². The Balaban J connectivity index is 1.30. The molecule has 0 bridgehead atoms. The number of hydrogen-bond acceptors (Lipinski definition) is 3. The summed E-state index contributed by atoms with van der Waals surface area (Å²) < 4.78 is 0. The minimum Gasteiger partial charge on any atom is -0.478 e. The monoisotopic (exact) mass is 614 g/mol. The van der Waals surface area contributed by atoms with Crippen molar-refractivity contribution in [3.63, 3.8) is 0 Å². The number of rotatable bonds is 9. The van der Waals surface area contributed by atoms with Gasteiger partial charge < -0.3 is 15.7 Å². The van der Waals surface area contributed by atoms with Crippen LogP contribution < -0.4 is 10.6 Å². The van der Waals surface area contributed by atoms with E-state index in [0.29, 0.717) is 33.6 Å². The van der Waals surface area contributed by atoms with Gasteiger partial charge in [0, 0.05) is 6.54 Å². The molecular formula is C41H62N2O2. The molecule has 0 aromatic heterocycles. The third kappa shape index (κ3) is 4.93. The van der Waals surface area contributed by atoms with Gasteiger partial charge in [-0.05, 0) is 171 Å². The SMILES string of the molecule is C=C(C)[C@@H]1CC[C@]2(CNCCCNC)CC[C@]3(C)[C@H](CC[C@@H]4[C@@]5(C)CC=C(c6ccc(C(=O)O)cc6)C(C)(C)[C@@H]5CC[C@]43C)[C@@H]12. The summed E-state index contributed by atoms with van der Waals surface area (Å²) in [5, 5.41) is 16.7. The Hall–Kier alpha value is -1.91. The van der Waals surface area contributed by atoms with Crippen molar-refractivity contribution in [2.45, 2.75) is 106 Å². The van der Waals surface area contributed by atoms with Gasteiger partial charge in [-0.15, -0.1) is 0 Å². The molecule has 5 aliphatic rings. The molecule has 5 aliphatic carbocycles. The second-order valence-electron chi connectivity index (χ2n) is 17.6. The van der Waals surface area contributed by atoms with Crippen LogP contribution in [-0.2, 0) is 0 Å². The molecule has 0 heterocycles. The van der Waals surface area contributed by atoms with Crippen LogP contribution in [0.2, 0.25) is 0 Å². The minimum atomic E-state index is -0.852. The molecule has 0 aliphatic heterocycles. The predicted molar refractivity (Wildman–Crippen MR) is 187 cm³/mol. The molecule has 4 saturated carbocycles. The van der Waals surface area contributed by atoms with Gasteiger partial charge in [-0.2, -0.15) is 0 Å². The Morgan fingerprint density at radius 3 is 2.31 bits per heavy atom. The van der Waals surface area contributed by atoms with E-state index >= 15 is 0 Å². The smallest absolute Gasteiger partial charge is 0.335 e. The van der Waals surface area contributed by atoms with Gasteiger partial charge in [0.2, 0.25) is 0 Å². The summed E-state index contributed by atoms with van der Waals surface area (Å²) in [5.74, 6) is 2.72. The first-order valence-corrected chi connectivity index (χ1v) is 18.3. The number of carbonyl (C=O) groups is 1. The molecule has 0 amide bonds. The normalized spacial score (nSPS) is 41.7. The average Bonchev–Trinajstić information content (AvgIpc) is 3.37. The third-order valence-electron chi connectivity index (χ3n) is 15.5. The summed E-state index contributed by atoms with van der Waals surface area (Å²) >= 11 is 0. The Bertz CT molecular complexity index is 1330. The molecule has 0 radical (unpaired) electrons. The van der Waals surface area contributed by atoms with Crippen LogP contribution in [0, 0.1) is 56.7 Å². The molecule has 0 saturated heterocycles. The second-order valence-corrected chi connectivity index (χ2v) is 17.6. The van der Waals surface area contributed by atoms with Crippen molar-refractivity contribution < 1.29 is 9.90 Å². The Morgan fingerprint density at radius 1 is 0.911 bits per heavy atom. The highest BCUT2D eigenvalue weighted by Gasteiger charge is 2.70. The Labute approximate surface area is 274 Å². The van der Waals surface area contributed by atoms with E-state index in [0.717, 1.165) is 37.3 Å². The molecule has 1 aromatic carbocycles. The van der Waals surface area contributed by atoms with Crippen molar-refractivity contribution in [2.24, 2.45) is 56.7 Å². The second kappa shape index (κ2) is 11.7. The summed E-state index contributed by atoms with van der Waals surface area (Å²) in [7, 11) is 2.06. The zero-order valence-electron chi connectivity index (χ0n) is 29.5. The molecule has 0 unspecified atom stereocenters. The van der Waals surface area contributed by atoms with Gasteiger partial charge in [0.1, 0.15) is 0 Å². The summed E-state index contributed by atoms with van der Waals surface area (Å²) in [6.45, 7) is 23.5. The molecule has 1 aromatic rings. The van der Waals surface area contributed by atoms with Crippen molar-refractivity contribution in [3.05, 3.63) is 53.6 Å². The van der Waals surface area contributed by atoms with Crippen molar-refractivity contribution in [3.8, 4) is 0 Å². The minimum absolute atomic E-state index is 0.0496. The van der Waals surface area contributed by atoms with Crippen LogP contribution >= 0.6 is 0 Å². The molecule has 248 valence electrons. The number of aromatic carboxylic acids is 1. The number of nitrogens with one attached hydrogen (secondary N) is 2. The van der Waals surface area contributed by atoms with Crippen molar-refractivity contribution in [1.82, 2.24) is 10.6 Å². The first kappa shape index (κ1) is 33.0. The summed E-state index contributed by atoms with van der Waals surface area (Å²) in [4.78, 5) is 11.5. The molecule has 9 atom stereocenters. The fourth-order valence-electron chi connectivity index (χ4n) is 13.2. The first-order chi connectivity index (χ1) is 21.2. The zero-order valence-corrected chi connectivity index (χ0v) is 29.5. The van der Waals surface area contributed by atoms with Gasteiger partial charge in [-0.25, -0.2) is 4.79 Å². The van der Waals surface area contributed by atoms with E-state index in [-0.39, 0.29) is 10.8 Å². The lowest BCUT2D eigenvalue weighted by atomic mass is 9.32. The number of hydrogen-bond donors (Lipinski definition) is 3. The first-order valence-electron chi connectivity index (χ1n) is 18.3. The number of benzene rings is 1. The Morgan fingerprint density at radius 2 is 1.64 bits per heavy atom. The highest BCUT2D eigenvalue weighted by Crippen LogP contribution is 2.77. The highest BCUT2D eigenvalue weighted by atomic mass is 16.4. The van der Waals surface area contributed by atoms with Crippen molar-refractivity contribution in [1.29, 1.82) is 0 Å². The third-order valence-corrected chi connectivity index (χ3v) is 15.5. The van der Waals surface area contributed by atoms with Crippen molar-refractivity contribution >= 4 is 11.5 Å². The largest absolute Gasteiger partial charge is 0.478 e. The Kier molecular flexibility index (Phi) is 8.55. The maximum atomic E-state index is 11.5. The lowest BCUT2D eigenvalue weighted by Crippen LogP contribution is -2.65. The van der Waals surface area contributed by atoms with Crippen LogP contribution in [0.5, 0.6) is 0 Å². The van der Waals surface area contributed by atoms with Crippen LogP contribution in [0.25, 0.3) is 5.57 Å². The average molecular weight is 615 g/mol. The van der Waals surface area contributed by atoms with Gasteiger partial charge >= 0.3 is 5.97 Å². The van der Waals surface area contributed by atoms with Crippen LogP contribution in [0.1, 0.15) is 122 Å². The highest BCUT2D eigenvalue weighted by molar-refractivity contribution is 5.88. The summed E-state index contributed by atoms with van der Waals surface area (Å²) in [6, 6.07) is 7.65. The van der Waals surface area contributed by atoms with Gasteiger partial charge in [0.25, 0.3) is 0 Å². The molecule has 6 rings (SSSR count). The van der Waals surface area contributed by atoms with Gasteiger partial charge in [0.15, 0.2) is 0 Å². The molecule has 0 spiro atoms. The lowest BCUT2D eigenvalue weighted by Gasteiger charge is -2.72. The van der Waals surface area contributed by atoms with Crippen LogP contribution in [0.3, 0.4) is 0 Å². The van der Waals surface area contributed by atoms with Crippen LogP contribution in [0.15, 0.2) is 42.5 Å². The molecule has 3 N–H and O–H groups in total. The molecule has 4 heteroatoms. The number of allylic oxidation sites excluding steroid dienone is 3. The summed E-state index contributed by atoms with van der Waals surface area (Å²) in [6.07, 6.45) is 15.7. The quantitative estimate of drug-likeness (QED) is 0.192. The van der Waals surface area contributed by atoms with E-state index in [4.69, 9.17) is 0 Å². The topological polar surface area (TPSA) is 61.4 Å². The van der Waals surface area contributed by atoms with Gasteiger partial charge in [-0.3, -0.25) is 0 Å². The number of carboxylic acids is 1. The lowest BCUT2D eigenvalue weighted by molar-refractivity contribution is -0.225. The predicted octanol–water partition coefficient (Wildman–Crippen LogP) is 9.23. The molecule has 45 heavy (non-hydrogen) atoms. The van der Waals surface area contributed by atoms with Crippen molar-refractivity contribution in [2.75, 3.05) is 26.7 Å². The van der Waals surface area contributed by atoms with Crippen LogP contribution in [0.4, 0.5) is 0 Å². The number of carboxylic acid groups (broad SMARTS) is 1. The molecular weight excluding hydrogens is 552 g/mol. The van der Waals surface area contributed by atoms with E-state index in [1.165, 1.54) is 81.0 Å². The maximum absolute atomic E-state index is 11.5. The molecule has 4 fully saturated rings. The van der Waals surface area contributed by atoms with Gasteiger partial charge in [-0.1, -0.05) is 65.0 Å². The standard InChI is InChI=1S/C41H62N2O2/c1-27(2)30-16-21-41(26-43-25-9-24-42-8)23-22-39(6)32(35(30)41)14-15-34-38(5)19-17-31(28-10-12-29(13-11-28)36(44)45)37(3,4)33(38)18-20-40(34,39)7/h10-13,17,30,32-35,42-43H,1,9,14-16,18-26H2,2-8H3,(H,44,45)/t30-,32+,33-,34+,35+,38-,39+,40+,41+/m0/s1.